The van der Waals surface area contributed by atoms with Crippen LogP contribution >= 0.6 is 0 Å². The zero-order valence-corrected chi connectivity index (χ0v) is 23.3. The second-order valence-electron chi connectivity index (χ2n) is 7.93. The SMILES string of the molecule is CC[N+](C)(CC)CC(=O)NCCCCCCNC(=O)C[N+](C)(CC)CC.[I-].[I-]. The Morgan fingerprint density at radius 2 is 0.893 bits per heavy atom. The van der Waals surface area contributed by atoms with Gasteiger partial charge in [0.05, 0.1) is 40.3 Å². The summed E-state index contributed by atoms with van der Waals surface area (Å²) in [6.45, 7) is 15.0. The first-order valence-corrected chi connectivity index (χ1v) is 10.4. The maximum atomic E-state index is 12.0. The number of nitrogens with one attached hydrogen (secondary N) is 2. The number of unbranched alkanes of at least 4 members (excludes halogenated alkanes) is 3. The molecule has 0 fully saturated rings. The van der Waals surface area contributed by atoms with Gasteiger partial charge in [0.2, 0.25) is 0 Å². The van der Waals surface area contributed by atoms with E-state index in [2.05, 4.69) is 52.4 Å². The van der Waals surface area contributed by atoms with Gasteiger partial charge in [-0.25, -0.2) is 0 Å². The van der Waals surface area contributed by atoms with E-state index in [9.17, 15) is 9.59 Å². The van der Waals surface area contributed by atoms with Crippen molar-refractivity contribution in [1.82, 2.24) is 10.6 Å². The number of hydrogen-bond acceptors (Lipinski definition) is 2. The summed E-state index contributed by atoms with van der Waals surface area (Å²) >= 11 is 0. The quantitative estimate of drug-likeness (QED) is 0.110. The third-order valence-electron chi connectivity index (χ3n) is 5.85. The van der Waals surface area contributed by atoms with E-state index in [0.29, 0.717) is 13.1 Å². The summed E-state index contributed by atoms with van der Waals surface area (Å²) in [4.78, 5) is 23.9. The lowest BCUT2D eigenvalue weighted by atomic mass is 10.2. The minimum absolute atomic E-state index is 0. The van der Waals surface area contributed by atoms with E-state index in [0.717, 1.165) is 73.9 Å². The number of carbonyl (C=O) groups excluding carboxylic acids is 2. The first kappa shape index (κ1) is 33.0. The molecule has 0 bridgehead atoms. The van der Waals surface area contributed by atoms with Crippen LogP contribution in [0.25, 0.3) is 0 Å². The minimum Gasteiger partial charge on any atom is -1.00 e. The third kappa shape index (κ3) is 15.2. The van der Waals surface area contributed by atoms with Crippen LogP contribution in [-0.4, -0.2) is 87.2 Å². The van der Waals surface area contributed by atoms with E-state index in [1.54, 1.807) is 0 Å². The zero-order chi connectivity index (χ0) is 20.1. The Bertz CT molecular complexity index is 377. The molecule has 0 saturated heterocycles. The minimum atomic E-state index is 0. The normalized spacial score (nSPS) is 11.2. The lowest BCUT2D eigenvalue weighted by Crippen LogP contribution is -3.00. The fraction of sp³-hybridized carbons (Fsp3) is 0.900. The Hall–Kier alpha value is 0.320. The molecule has 0 radical (unpaired) electrons. The van der Waals surface area contributed by atoms with Gasteiger partial charge in [-0.15, -0.1) is 0 Å². The second-order valence-corrected chi connectivity index (χ2v) is 7.93. The van der Waals surface area contributed by atoms with Crippen LogP contribution in [0, 0.1) is 0 Å². The maximum Gasteiger partial charge on any atom is 0.275 e. The Morgan fingerprint density at radius 3 is 1.14 bits per heavy atom. The van der Waals surface area contributed by atoms with Crippen molar-refractivity contribution in [2.45, 2.75) is 53.4 Å². The average Bonchev–Trinajstić information content (AvgIpc) is 2.63. The van der Waals surface area contributed by atoms with Crippen molar-refractivity contribution in [2.24, 2.45) is 0 Å². The van der Waals surface area contributed by atoms with E-state index in [4.69, 9.17) is 0 Å². The highest BCUT2D eigenvalue weighted by atomic mass is 127. The molecule has 28 heavy (non-hydrogen) atoms. The number of amides is 2. The molecule has 0 atom stereocenters. The lowest BCUT2D eigenvalue weighted by molar-refractivity contribution is -0.898. The summed E-state index contributed by atoms with van der Waals surface area (Å²) in [5.74, 6) is 0.299. The molecule has 0 heterocycles. The summed E-state index contributed by atoms with van der Waals surface area (Å²) in [6.07, 6.45) is 4.17. The van der Waals surface area contributed by atoms with Gasteiger partial charge in [-0.05, 0) is 40.5 Å². The molecular formula is C20H44I2N4O2. The van der Waals surface area contributed by atoms with Gasteiger partial charge in [-0.3, -0.25) is 9.59 Å². The van der Waals surface area contributed by atoms with Gasteiger partial charge < -0.3 is 67.6 Å². The molecule has 8 heteroatoms. The first-order valence-electron chi connectivity index (χ1n) is 10.4. The Morgan fingerprint density at radius 1 is 0.607 bits per heavy atom. The smallest absolute Gasteiger partial charge is 0.275 e. The molecule has 0 aromatic rings. The molecule has 2 N–H and O–H groups in total. The standard InChI is InChI=1S/C20H42N4O2.2HI/c1-7-23(5,8-2)17-19(25)21-15-13-11-12-14-16-22-20(26)18-24(6,9-3)10-4;;/h7-18H2,1-6H3;2*1H. The van der Waals surface area contributed by atoms with Crippen molar-refractivity contribution in [3.8, 4) is 0 Å². The van der Waals surface area contributed by atoms with Crippen molar-refractivity contribution >= 4 is 11.8 Å². The van der Waals surface area contributed by atoms with Crippen molar-refractivity contribution in [3.63, 3.8) is 0 Å². The van der Waals surface area contributed by atoms with Crippen molar-refractivity contribution in [2.75, 3.05) is 66.5 Å². The molecule has 0 unspecified atom stereocenters. The molecule has 0 rings (SSSR count). The highest BCUT2D eigenvalue weighted by molar-refractivity contribution is 5.77. The van der Waals surface area contributed by atoms with Crippen LogP contribution in [0.2, 0.25) is 0 Å². The predicted octanol–water partition coefficient (Wildman–Crippen LogP) is -4.24. The topological polar surface area (TPSA) is 58.2 Å². The van der Waals surface area contributed by atoms with Crippen LogP contribution in [0.3, 0.4) is 0 Å². The van der Waals surface area contributed by atoms with Gasteiger partial charge in [0.15, 0.2) is 13.1 Å². The molecule has 0 saturated carbocycles. The van der Waals surface area contributed by atoms with E-state index in [-0.39, 0.29) is 59.8 Å². The van der Waals surface area contributed by atoms with Crippen molar-refractivity contribution < 1.29 is 66.5 Å². The summed E-state index contributed by atoms with van der Waals surface area (Å²) in [7, 11) is 4.24. The average molecular weight is 626 g/mol. The highest BCUT2D eigenvalue weighted by Gasteiger charge is 2.21. The molecule has 0 aromatic carbocycles. The Kier molecular flexibility index (Phi) is 21.3. The van der Waals surface area contributed by atoms with E-state index in [1.807, 2.05) is 0 Å². The van der Waals surface area contributed by atoms with Crippen molar-refractivity contribution in [1.29, 1.82) is 0 Å². The largest absolute Gasteiger partial charge is 1.00 e. The molecule has 2 amide bonds. The Labute approximate surface area is 207 Å². The van der Waals surface area contributed by atoms with Gasteiger partial charge in [0, 0.05) is 13.1 Å². The van der Waals surface area contributed by atoms with Crippen LogP contribution < -0.4 is 58.6 Å². The molecule has 0 aliphatic heterocycles. The van der Waals surface area contributed by atoms with Gasteiger partial charge in [0.1, 0.15) is 0 Å². The van der Waals surface area contributed by atoms with Crippen molar-refractivity contribution in [3.05, 3.63) is 0 Å². The van der Waals surface area contributed by atoms with E-state index >= 15 is 0 Å². The predicted molar refractivity (Wildman–Crippen MR) is 109 cm³/mol. The number of quaternary nitrogens is 2. The molecule has 0 aliphatic rings. The van der Waals surface area contributed by atoms with Crippen LogP contribution in [0.1, 0.15) is 53.4 Å². The van der Waals surface area contributed by atoms with E-state index < -0.39 is 0 Å². The zero-order valence-electron chi connectivity index (χ0n) is 19.0. The summed E-state index contributed by atoms with van der Waals surface area (Å²) in [5.41, 5.74) is 0. The molecule has 0 aromatic heterocycles. The Balaban J connectivity index is -0.00000312. The molecule has 6 nitrogen and oxygen atoms in total. The summed E-state index contributed by atoms with van der Waals surface area (Å²) in [5, 5.41) is 6.06. The molecule has 170 valence electrons. The maximum absolute atomic E-state index is 12.0. The summed E-state index contributed by atoms with van der Waals surface area (Å²) in [6, 6.07) is 0. The van der Waals surface area contributed by atoms with Gasteiger partial charge in [-0.1, -0.05) is 12.8 Å². The number of carbonyl (C=O) groups is 2. The molecule has 0 spiro atoms. The number of halogens is 2. The number of likely N-dealkylation sites (N-methyl/N-ethyl adjacent to an activating group) is 2. The first-order chi connectivity index (χ1) is 12.2. The molecule has 0 aliphatic carbocycles. The van der Waals surface area contributed by atoms with Crippen LogP contribution in [0.4, 0.5) is 0 Å². The van der Waals surface area contributed by atoms with Gasteiger partial charge in [-0.2, -0.15) is 0 Å². The fourth-order valence-electron chi connectivity index (χ4n) is 2.76. The fourth-order valence-corrected chi connectivity index (χ4v) is 2.76. The summed E-state index contributed by atoms with van der Waals surface area (Å²) < 4.78 is 1.58. The van der Waals surface area contributed by atoms with Gasteiger partial charge >= 0.3 is 0 Å². The monoisotopic (exact) mass is 626 g/mol. The van der Waals surface area contributed by atoms with Crippen LogP contribution in [0.5, 0.6) is 0 Å². The highest BCUT2D eigenvalue weighted by Crippen LogP contribution is 2.02. The van der Waals surface area contributed by atoms with E-state index in [1.165, 1.54) is 0 Å². The van der Waals surface area contributed by atoms with Crippen LogP contribution in [-0.2, 0) is 9.59 Å². The molecular weight excluding hydrogens is 582 g/mol. The second kappa shape index (κ2) is 18.1. The number of rotatable bonds is 15. The number of nitrogens with zero attached hydrogens (tertiary/aromatic N) is 2. The van der Waals surface area contributed by atoms with Gasteiger partial charge in [0.25, 0.3) is 11.8 Å². The van der Waals surface area contributed by atoms with Crippen LogP contribution in [0.15, 0.2) is 0 Å². The lowest BCUT2D eigenvalue weighted by Gasteiger charge is -2.31. The number of hydrogen-bond donors (Lipinski definition) is 2. The third-order valence-corrected chi connectivity index (χ3v) is 5.85.